The average Bonchev–Trinajstić information content (AvgIpc) is 3.03. The molecule has 3 heterocycles. The zero-order valence-corrected chi connectivity index (χ0v) is 14.9. The van der Waals surface area contributed by atoms with Gasteiger partial charge in [-0.3, -0.25) is 14.3 Å². The molecule has 3 aromatic heterocycles. The second-order valence-electron chi connectivity index (χ2n) is 6.35. The lowest BCUT2D eigenvalue weighted by Crippen LogP contribution is -2.20. The van der Waals surface area contributed by atoms with E-state index in [0.29, 0.717) is 34.9 Å². The summed E-state index contributed by atoms with van der Waals surface area (Å²) in [5, 5.41) is 3.92. The maximum atomic E-state index is 12.3. The lowest BCUT2D eigenvalue weighted by Gasteiger charge is -2.10. The first-order valence-corrected chi connectivity index (χ1v) is 8.90. The molecule has 138 valence electrons. The lowest BCUT2D eigenvalue weighted by molar-refractivity contribution is 0.555. The number of aromatic amines is 1. The molecular formula is C19H19N5O3. The summed E-state index contributed by atoms with van der Waals surface area (Å²) in [4.78, 5) is 35.0. The van der Waals surface area contributed by atoms with Gasteiger partial charge >= 0.3 is 5.76 Å². The molecule has 0 atom stereocenters. The van der Waals surface area contributed by atoms with E-state index in [1.165, 1.54) is 0 Å². The summed E-state index contributed by atoms with van der Waals surface area (Å²) in [6, 6.07) is 8.49. The number of H-pyrrole nitrogens is 1. The van der Waals surface area contributed by atoms with Crippen LogP contribution in [0, 0.1) is 0 Å². The van der Waals surface area contributed by atoms with E-state index < -0.39 is 5.76 Å². The molecule has 0 saturated carbocycles. The molecule has 0 spiro atoms. The number of anilines is 2. The molecular weight excluding hydrogens is 346 g/mol. The van der Waals surface area contributed by atoms with E-state index in [0.717, 1.165) is 24.6 Å². The molecule has 0 aliphatic rings. The highest BCUT2D eigenvalue weighted by molar-refractivity contribution is 5.79. The highest BCUT2D eigenvalue weighted by atomic mass is 16.4. The molecule has 0 aliphatic carbocycles. The molecule has 0 radical (unpaired) electrons. The molecule has 8 nitrogen and oxygen atoms in total. The number of hydrogen-bond donors (Lipinski definition) is 2. The van der Waals surface area contributed by atoms with Crippen molar-refractivity contribution in [1.82, 2.24) is 19.5 Å². The molecule has 0 aliphatic heterocycles. The number of benzene rings is 1. The van der Waals surface area contributed by atoms with E-state index in [4.69, 9.17) is 4.42 Å². The Hall–Kier alpha value is -3.42. The van der Waals surface area contributed by atoms with Crippen molar-refractivity contribution >= 4 is 33.8 Å². The van der Waals surface area contributed by atoms with Crippen molar-refractivity contribution in [3.63, 3.8) is 0 Å². The number of hydrogen-bond acceptors (Lipinski definition) is 6. The monoisotopic (exact) mass is 365 g/mol. The van der Waals surface area contributed by atoms with Gasteiger partial charge in [0.15, 0.2) is 5.58 Å². The predicted molar refractivity (Wildman–Crippen MR) is 103 cm³/mol. The van der Waals surface area contributed by atoms with Crippen LogP contribution < -0.4 is 16.6 Å². The summed E-state index contributed by atoms with van der Waals surface area (Å²) in [6.07, 6.45) is 4.76. The Morgan fingerprint density at radius 3 is 2.93 bits per heavy atom. The van der Waals surface area contributed by atoms with Gasteiger partial charge in [0.2, 0.25) is 5.95 Å². The molecule has 1 aromatic carbocycles. The van der Waals surface area contributed by atoms with Gasteiger partial charge in [-0.05, 0) is 30.7 Å². The molecule has 0 unspecified atom stereocenters. The number of pyridine rings is 1. The number of fused-ring (bicyclic) bond motifs is 2. The quantitative estimate of drug-likeness (QED) is 0.509. The van der Waals surface area contributed by atoms with E-state index >= 15 is 0 Å². The summed E-state index contributed by atoms with van der Waals surface area (Å²) < 4.78 is 6.69. The zero-order valence-electron chi connectivity index (χ0n) is 14.9. The number of nitrogens with one attached hydrogen (secondary N) is 2. The fraction of sp³-hybridized carbons (Fsp3) is 0.263. The molecule has 27 heavy (non-hydrogen) atoms. The third-order valence-corrected chi connectivity index (χ3v) is 4.38. The van der Waals surface area contributed by atoms with Crippen LogP contribution in [-0.4, -0.2) is 19.5 Å². The minimum Gasteiger partial charge on any atom is -0.408 e. The number of rotatable bonds is 6. The minimum atomic E-state index is -0.500. The number of nitrogens with zero attached hydrogens (tertiary/aromatic N) is 3. The number of unbranched alkanes of at least 4 members (excludes halogenated alkanes) is 2. The molecule has 2 N–H and O–H groups in total. The van der Waals surface area contributed by atoms with Crippen LogP contribution in [0.5, 0.6) is 0 Å². The van der Waals surface area contributed by atoms with E-state index in [1.54, 1.807) is 41.1 Å². The van der Waals surface area contributed by atoms with Gasteiger partial charge in [0, 0.05) is 29.9 Å². The van der Waals surface area contributed by atoms with Crippen molar-refractivity contribution in [3.8, 4) is 0 Å². The van der Waals surface area contributed by atoms with Gasteiger partial charge in [0.05, 0.1) is 5.52 Å². The van der Waals surface area contributed by atoms with Gasteiger partial charge in [0.25, 0.3) is 5.56 Å². The van der Waals surface area contributed by atoms with Crippen molar-refractivity contribution in [3.05, 3.63) is 57.4 Å². The second kappa shape index (κ2) is 7.06. The smallest absolute Gasteiger partial charge is 0.408 e. The van der Waals surface area contributed by atoms with Crippen molar-refractivity contribution in [1.29, 1.82) is 0 Å². The van der Waals surface area contributed by atoms with Crippen LogP contribution >= 0.6 is 0 Å². The van der Waals surface area contributed by atoms with Gasteiger partial charge in [-0.1, -0.05) is 19.8 Å². The Labute approximate surface area is 153 Å². The zero-order chi connectivity index (χ0) is 18.8. The molecule has 4 aromatic rings. The van der Waals surface area contributed by atoms with Crippen molar-refractivity contribution in [2.45, 2.75) is 32.7 Å². The summed E-state index contributed by atoms with van der Waals surface area (Å²) in [5.41, 5.74) is 2.31. The van der Waals surface area contributed by atoms with Gasteiger partial charge in [-0.25, -0.2) is 9.78 Å². The number of aromatic nitrogens is 4. The maximum Gasteiger partial charge on any atom is 0.417 e. The van der Waals surface area contributed by atoms with Crippen molar-refractivity contribution in [2.24, 2.45) is 0 Å². The van der Waals surface area contributed by atoms with Crippen LogP contribution in [0.2, 0.25) is 0 Å². The first kappa shape index (κ1) is 17.0. The van der Waals surface area contributed by atoms with Crippen LogP contribution in [-0.2, 0) is 6.54 Å². The maximum absolute atomic E-state index is 12.3. The van der Waals surface area contributed by atoms with Gasteiger partial charge in [-0.15, -0.1) is 0 Å². The predicted octanol–water partition coefficient (Wildman–Crippen LogP) is 3.16. The first-order valence-electron chi connectivity index (χ1n) is 8.90. The van der Waals surface area contributed by atoms with Crippen LogP contribution in [0.15, 0.2) is 50.5 Å². The first-order chi connectivity index (χ1) is 13.1. The van der Waals surface area contributed by atoms with Gasteiger partial charge < -0.3 is 9.73 Å². The average molecular weight is 365 g/mol. The second-order valence-corrected chi connectivity index (χ2v) is 6.35. The number of oxazole rings is 1. The van der Waals surface area contributed by atoms with E-state index in [-0.39, 0.29) is 5.56 Å². The van der Waals surface area contributed by atoms with Crippen molar-refractivity contribution < 1.29 is 4.42 Å². The van der Waals surface area contributed by atoms with Crippen LogP contribution in [0.1, 0.15) is 26.2 Å². The Morgan fingerprint density at radius 2 is 2.07 bits per heavy atom. The van der Waals surface area contributed by atoms with E-state index in [9.17, 15) is 9.59 Å². The van der Waals surface area contributed by atoms with Crippen LogP contribution in [0.4, 0.5) is 11.6 Å². The summed E-state index contributed by atoms with van der Waals surface area (Å²) in [7, 11) is 0. The van der Waals surface area contributed by atoms with Crippen LogP contribution in [0.25, 0.3) is 22.1 Å². The molecule has 0 saturated heterocycles. The number of aryl methyl sites for hydroxylation is 1. The largest absolute Gasteiger partial charge is 0.417 e. The Balaban J connectivity index is 1.69. The minimum absolute atomic E-state index is 0.0688. The summed E-state index contributed by atoms with van der Waals surface area (Å²) in [6.45, 7) is 2.75. The lowest BCUT2D eigenvalue weighted by atomic mass is 10.2. The highest BCUT2D eigenvalue weighted by Gasteiger charge is 2.08. The van der Waals surface area contributed by atoms with E-state index in [2.05, 4.69) is 27.2 Å². The fourth-order valence-electron chi connectivity index (χ4n) is 3.03. The van der Waals surface area contributed by atoms with Crippen molar-refractivity contribution in [2.75, 3.05) is 5.32 Å². The standard InChI is InChI=1S/C19H19N5O3/c1-2-3-4-9-24-16(25)8-5-12-11-20-18(23-17(12)24)21-13-6-7-15-14(10-13)22-19(26)27-15/h5-8,10-11H,2-4,9H2,1H3,(H,22,26)(H,20,21,23). The topological polar surface area (TPSA) is 106 Å². The highest BCUT2D eigenvalue weighted by Crippen LogP contribution is 2.20. The van der Waals surface area contributed by atoms with Gasteiger partial charge in [0.1, 0.15) is 5.65 Å². The third-order valence-electron chi connectivity index (χ3n) is 4.38. The summed E-state index contributed by atoms with van der Waals surface area (Å²) in [5.74, 6) is -0.122. The Kier molecular flexibility index (Phi) is 4.45. The van der Waals surface area contributed by atoms with Crippen LogP contribution in [0.3, 0.4) is 0 Å². The third kappa shape index (κ3) is 3.46. The Morgan fingerprint density at radius 1 is 1.19 bits per heavy atom. The summed E-state index contributed by atoms with van der Waals surface area (Å²) >= 11 is 0. The SMILES string of the molecule is CCCCCn1c(=O)ccc2cnc(Nc3ccc4oc(=O)[nH]c4c3)nc21. The van der Waals surface area contributed by atoms with E-state index in [1.807, 2.05) is 0 Å². The van der Waals surface area contributed by atoms with Gasteiger partial charge in [-0.2, -0.15) is 4.98 Å². The normalized spacial score (nSPS) is 11.3. The fourth-order valence-corrected chi connectivity index (χ4v) is 3.03. The molecule has 8 heteroatoms. The molecule has 0 fully saturated rings. The molecule has 0 amide bonds. The Bertz CT molecular complexity index is 1220. The molecule has 4 rings (SSSR count). The molecule has 0 bridgehead atoms.